The molecule has 1 atom stereocenters. The number of aromatic nitrogens is 2. The number of furan rings is 1. The Labute approximate surface area is 138 Å². The number of nitrogens with zero attached hydrogens (tertiary/aromatic N) is 5. The highest BCUT2D eigenvalue weighted by molar-refractivity contribution is 8.14. The van der Waals surface area contributed by atoms with E-state index in [4.69, 9.17) is 8.94 Å². The number of aliphatic imine (C=N–C) groups is 1. The number of rotatable bonds is 3. The minimum atomic E-state index is 0.509. The summed E-state index contributed by atoms with van der Waals surface area (Å²) < 4.78 is 10.6. The number of hydrogen-bond donors (Lipinski definition) is 0. The quantitative estimate of drug-likeness (QED) is 0.850. The normalized spacial score (nSPS) is 22.6. The second-order valence-corrected chi connectivity index (χ2v) is 7.21. The van der Waals surface area contributed by atoms with Crippen LogP contribution in [0.4, 0.5) is 0 Å². The van der Waals surface area contributed by atoms with Gasteiger partial charge in [0.2, 0.25) is 11.7 Å². The summed E-state index contributed by atoms with van der Waals surface area (Å²) in [7, 11) is 0. The van der Waals surface area contributed by atoms with E-state index in [0.29, 0.717) is 29.3 Å². The van der Waals surface area contributed by atoms with Gasteiger partial charge >= 0.3 is 0 Å². The molecule has 0 bridgehead atoms. The molecule has 0 aliphatic carbocycles. The molecule has 0 radical (unpaired) electrons. The van der Waals surface area contributed by atoms with Crippen LogP contribution in [0, 0.1) is 0 Å². The zero-order valence-corrected chi connectivity index (χ0v) is 13.8. The van der Waals surface area contributed by atoms with Crippen molar-refractivity contribution in [3.63, 3.8) is 0 Å². The lowest BCUT2D eigenvalue weighted by Gasteiger charge is -2.34. The van der Waals surface area contributed by atoms with Crippen molar-refractivity contribution < 1.29 is 8.94 Å². The van der Waals surface area contributed by atoms with E-state index < -0.39 is 0 Å². The number of amidine groups is 1. The molecule has 0 saturated carbocycles. The molecular weight excluding hydrogens is 314 g/mol. The van der Waals surface area contributed by atoms with Crippen LogP contribution < -0.4 is 0 Å². The fourth-order valence-corrected chi connectivity index (χ4v) is 3.74. The highest BCUT2D eigenvalue weighted by Crippen LogP contribution is 2.24. The Kier molecular flexibility index (Phi) is 4.09. The van der Waals surface area contributed by atoms with Crippen LogP contribution in [0.5, 0.6) is 0 Å². The van der Waals surface area contributed by atoms with Gasteiger partial charge in [-0.2, -0.15) is 4.98 Å². The van der Waals surface area contributed by atoms with Crippen molar-refractivity contribution in [1.29, 1.82) is 0 Å². The van der Waals surface area contributed by atoms with Crippen molar-refractivity contribution in [2.45, 2.75) is 18.7 Å². The van der Waals surface area contributed by atoms with Crippen molar-refractivity contribution in [2.75, 3.05) is 32.7 Å². The number of piperazine rings is 1. The first-order valence-corrected chi connectivity index (χ1v) is 8.71. The molecule has 0 spiro atoms. The highest BCUT2D eigenvalue weighted by atomic mass is 32.2. The first kappa shape index (κ1) is 14.8. The van der Waals surface area contributed by atoms with E-state index in [1.54, 1.807) is 6.26 Å². The first-order valence-electron chi connectivity index (χ1n) is 7.83. The number of hydrogen-bond acceptors (Lipinski definition) is 8. The highest BCUT2D eigenvalue weighted by Gasteiger charge is 2.25. The maximum absolute atomic E-state index is 5.33. The van der Waals surface area contributed by atoms with Crippen LogP contribution in [0.3, 0.4) is 0 Å². The minimum absolute atomic E-state index is 0.509. The summed E-state index contributed by atoms with van der Waals surface area (Å²) in [4.78, 5) is 13.7. The minimum Gasteiger partial charge on any atom is -0.461 e. The molecule has 0 amide bonds. The molecule has 2 aromatic heterocycles. The molecule has 23 heavy (non-hydrogen) atoms. The van der Waals surface area contributed by atoms with Crippen LogP contribution in [0.1, 0.15) is 12.8 Å². The van der Waals surface area contributed by atoms with Crippen LogP contribution in [-0.2, 0) is 6.54 Å². The third kappa shape index (κ3) is 3.28. The van der Waals surface area contributed by atoms with Gasteiger partial charge in [-0.05, 0) is 12.1 Å². The molecule has 2 aliphatic rings. The molecule has 4 heterocycles. The lowest BCUT2D eigenvalue weighted by molar-refractivity contribution is 0.159. The second-order valence-electron chi connectivity index (χ2n) is 5.80. The predicted octanol–water partition coefficient (Wildman–Crippen LogP) is 1.94. The lowest BCUT2D eigenvalue weighted by atomic mass is 10.3. The van der Waals surface area contributed by atoms with Gasteiger partial charge in [-0.3, -0.25) is 9.89 Å². The van der Waals surface area contributed by atoms with Crippen LogP contribution in [0.2, 0.25) is 0 Å². The average Bonchev–Trinajstić information content (AvgIpc) is 3.28. The molecule has 0 aromatic carbocycles. The zero-order chi connectivity index (χ0) is 15.6. The van der Waals surface area contributed by atoms with E-state index in [1.165, 1.54) is 5.17 Å². The van der Waals surface area contributed by atoms with Gasteiger partial charge in [-0.1, -0.05) is 23.8 Å². The molecule has 7 nitrogen and oxygen atoms in total. The molecular formula is C15H19N5O2S. The van der Waals surface area contributed by atoms with Gasteiger partial charge < -0.3 is 13.8 Å². The fraction of sp³-hybridized carbons (Fsp3) is 0.533. The summed E-state index contributed by atoms with van der Waals surface area (Å²) in [6.45, 7) is 7.80. The van der Waals surface area contributed by atoms with Gasteiger partial charge in [0.05, 0.1) is 19.4 Å². The maximum atomic E-state index is 5.33. The maximum Gasteiger partial charge on any atom is 0.241 e. The Morgan fingerprint density at radius 1 is 1.30 bits per heavy atom. The lowest BCUT2D eigenvalue weighted by Crippen LogP contribution is -2.47. The number of thioether (sulfide) groups is 1. The van der Waals surface area contributed by atoms with E-state index in [0.717, 1.165) is 32.7 Å². The molecule has 1 saturated heterocycles. The Bertz CT molecular complexity index is 676. The fourth-order valence-electron chi connectivity index (χ4n) is 2.75. The summed E-state index contributed by atoms with van der Waals surface area (Å²) in [5, 5.41) is 5.79. The summed E-state index contributed by atoms with van der Waals surface area (Å²) in [5.74, 6) is 1.77. The summed E-state index contributed by atoms with van der Waals surface area (Å²) in [5.41, 5.74) is 0. The van der Waals surface area contributed by atoms with Crippen molar-refractivity contribution >= 4 is 16.9 Å². The largest absolute Gasteiger partial charge is 0.461 e. The zero-order valence-electron chi connectivity index (χ0n) is 13.0. The molecule has 2 aromatic rings. The summed E-state index contributed by atoms with van der Waals surface area (Å²) in [6, 6.07) is 3.64. The van der Waals surface area contributed by atoms with E-state index >= 15 is 0 Å². The molecule has 2 aliphatic heterocycles. The second kappa shape index (κ2) is 6.37. The van der Waals surface area contributed by atoms with E-state index in [-0.39, 0.29) is 0 Å². The third-order valence-corrected chi connectivity index (χ3v) is 5.15. The van der Waals surface area contributed by atoms with Gasteiger partial charge in [-0.25, -0.2) is 0 Å². The Hall–Kier alpha value is -1.80. The van der Waals surface area contributed by atoms with Crippen molar-refractivity contribution in [2.24, 2.45) is 4.99 Å². The smallest absolute Gasteiger partial charge is 0.241 e. The Morgan fingerprint density at radius 3 is 2.87 bits per heavy atom. The van der Waals surface area contributed by atoms with Crippen LogP contribution >= 0.6 is 11.8 Å². The average molecular weight is 333 g/mol. The SMILES string of the molecule is C[C@H]1CN=C(N2CCN(Cc3nc(-c4ccco4)no3)CC2)S1. The van der Waals surface area contributed by atoms with Crippen LogP contribution in [0.25, 0.3) is 11.6 Å². The van der Waals surface area contributed by atoms with Crippen molar-refractivity contribution in [3.05, 3.63) is 24.3 Å². The molecule has 122 valence electrons. The van der Waals surface area contributed by atoms with Crippen LogP contribution in [0.15, 0.2) is 32.3 Å². The summed E-state index contributed by atoms with van der Waals surface area (Å²) in [6.07, 6.45) is 1.61. The van der Waals surface area contributed by atoms with Gasteiger partial charge in [0.1, 0.15) is 0 Å². The molecule has 1 fully saturated rings. The summed E-state index contributed by atoms with van der Waals surface area (Å²) >= 11 is 1.89. The Morgan fingerprint density at radius 2 is 2.17 bits per heavy atom. The predicted molar refractivity (Wildman–Crippen MR) is 88.2 cm³/mol. The molecule has 4 rings (SSSR count). The van der Waals surface area contributed by atoms with Gasteiger partial charge in [0.15, 0.2) is 10.9 Å². The van der Waals surface area contributed by atoms with Crippen molar-refractivity contribution in [3.8, 4) is 11.6 Å². The molecule has 0 unspecified atom stereocenters. The molecule has 0 N–H and O–H groups in total. The van der Waals surface area contributed by atoms with Gasteiger partial charge in [0.25, 0.3) is 0 Å². The van der Waals surface area contributed by atoms with E-state index in [2.05, 4.69) is 31.9 Å². The van der Waals surface area contributed by atoms with Gasteiger partial charge in [0, 0.05) is 31.4 Å². The first-order chi connectivity index (χ1) is 11.3. The van der Waals surface area contributed by atoms with Gasteiger partial charge in [-0.15, -0.1) is 0 Å². The molecule has 8 heteroatoms. The third-order valence-electron chi connectivity index (χ3n) is 4.00. The van der Waals surface area contributed by atoms with E-state index in [9.17, 15) is 0 Å². The van der Waals surface area contributed by atoms with Crippen molar-refractivity contribution in [1.82, 2.24) is 19.9 Å². The topological polar surface area (TPSA) is 70.9 Å². The van der Waals surface area contributed by atoms with E-state index in [1.807, 2.05) is 23.9 Å². The Balaban J connectivity index is 1.31. The standard InChI is InChI=1S/C15H19N5O2S/c1-11-9-16-15(23-11)20-6-4-19(5-7-20)10-13-17-14(18-22-13)12-3-2-8-21-12/h2-3,8,11H,4-7,9-10H2,1H3/t11-/m0/s1. The monoisotopic (exact) mass is 333 g/mol. The van der Waals surface area contributed by atoms with Crippen LogP contribution in [-0.4, -0.2) is 63.1 Å².